The van der Waals surface area contributed by atoms with Gasteiger partial charge in [-0.15, -0.1) is 0 Å². The van der Waals surface area contributed by atoms with E-state index in [2.05, 4.69) is 4.72 Å². The molecule has 0 aromatic heterocycles. The summed E-state index contributed by atoms with van der Waals surface area (Å²) in [6.45, 7) is 3.52. The summed E-state index contributed by atoms with van der Waals surface area (Å²) in [4.78, 5) is 35.4. The molecule has 0 atom stereocenters. The molecule has 0 aliphatic carbocycles. The van der Waals surface area contributed by atoms with Crippen molar-refractivity contribution in [2.24, 2.45) is 0 Å². The third kappa shape index (κ3) is 8.22. The van der Waals surface area contributed by atoms with E-state index in [0.717, 1.165) is 24.3 Å². The number of aliphatic carboxylic acids is 1. The summed E-state index contributed by atoms with van der Waals surface area (Å²) in [5.41, 5.74) is 0.457. The van der Waals surface area contributed by atoms with Crippen LogP contribution in [-0.2, 0) is 19.6 Å². The van der Waals surface area contributed by atoms with Gasteiger partial charge in [0.25, 0.3) is 10.0 Å². The van der Waals surface area contributed by atoms with Crippen molar-refractivity contribution >= 4 is 39.4 Å². The SMILES string of the molecule is CCOC(=O)N1CCN(c2ccc(C(=O)O)cc2NS(=O)(=O)c2ccc(F)cc2)CC1.O=C(O)C(F)(F)F. The molecule has 0 bridgehead atoms. The van der Waals surface area contributed by atoms with Gasteiger partial charge in [-0.05, 0) is 49.4 Å². The van der Waals surface area contributed by atoms with E-state index in [4.69, 9.17) is 14.6 Å². The van der Waals surface area contributed by atoms with Crippen molar-refractivity contribution in [1.82, 2.24) is 4.90 Å². The lowest BCUT2D eigenvalue weighted by Gasteiger charge is -2.36. The zero-order valence-electron chi connectivity index (χ0n) is 19.7. The molecule has 3 rings (SSSR count). The third-order valence-electron chi connectivity index (χ3n) is 5.00. The maximum Gasteiger partial charge on any atom is 0.490 e. The van der Waals surface area contributed by atoms with Crippen molar-refractivity contribution in [3.8, 4) is 0 Å². The molecule has 38 heavy (non-hydrogen) atoms. The van der Waals surface area contributed by atoms with E-state index >= 15 is 0 Å². The molecule has 208 valence electrons. The molecule has 0 radical (unpaired) electrons. The molecular formula is C22H23F4N3O8S. The average molecular weight is 565 g/mol. The number of halogens is 4. The fourth-order valence-corrected chi connectivity index (χ4v) is 4.25. The van der Waals surface area contributed by atoms with E-state index in [1.54, 1.807) is 11.8 Å². The molecule has 1 aliphatic rings. The van der Waals surface area contributed by atoms with Crippen molar-refractivity contribution in [2.45, 2.75) is 18.0 Å². The monoisotopic (exact) mass is 565 g/mol. The average Bonchev–Trinajstić information content (AvgIpc) is 2.84. The van der Waals surface area contributed by atoms with Crippen LogP contribution in [0.2, 0.25) is 0 Å². The van der Waals surface area contributed by atoms with Crippen LogP contribution in [0.15, 0.2) is 47.4 Å². The van der Waals surface area contributed by atoms with Crippen LogP contribution >= 0.6 is 0 Å². The minimum absolute atomic E-state index is 0.0776. The number of aromatic carboxylic acids is 1. The van der Waals surface area contributed by atoms with Crippen molar-refractivity contribution < 1.29 is 55.3 Å². The van der Waals surface area contributed by atoms with Crippen LogP contribution in [0.3, 0.4) is 0 Å². The molecule has 1 aliphatic heterocycles. The smallest absolute Gasteiger partial charge is 0.478 e. The van der Waals surface area contributed by atoms with E-state index < -0.39 is 40.0 Å². The van der Waals surface area contributed by atoms with Crippen LogP contribution in [0.1, 0.15) is 17.3 Å². The number of rotatable bonds is 6. The second-order valence-electron chi connectivity index (χ2n) is 7.57. The van der Waals surface area contributed by atoms with Gasteiger partial charge in [0.1, 0.15) is 5.82 Å². The molecule has 0 unspecified atom stereocenters. The Bertz CT molecular complexity index is 1260. The van der Waals surface area contributed by atoms with E-state index in [9.17, 15) is 40.7 Å². The number of amides is 1. The molecule has 0 spiro atoms. The lowest BCUT2D eigenvalue weighted by Crippen LogP contribution is -2.49. The first kappa shape index (κ1) is 30.1. The summed E-state index contributed by atoms with van der Waals surface area (Å²) in [7, 11) is -4.09. The number of nitrogens with zero attached hydrogens (tertiary/aromatic N) is 2. The summed E-state index contributed by atoms with van der Waals surface area (Å²) in [6.07, 6.45) is -5.50. The number of benzene rings is 2. The molecular weight excluding hydrogens is 542 g/mol. The Morgan fingerprint density at radius 1 is 1.00 bits per heavy atom. The predicted molar refractivity (Wildman–Crippen MR) is 125 cm³/mol. The molecule has 1 heterocycles. The fourth-order valence-electron chi connectivity index (χ4n) is 3.19. The Morgan fingerprint density at radius 2 is 1.55 bits per heavy atom. The zero-order valence-corrected chi connectivity index (χ0v) is 20.6. The second-order valence-corrected chi connectivity index (χ2v) is 9.25. The summed E-state index contributed by atoms with van der Waals surface area (Å²) in [6, 6.07) is 8.43. The minimum atomic E-state index is -5.08. The molecule has 2 aromatic carbocycles. The zero-order chi connectivity index (χ0) is 28.7. The number of carboxylic acid groups (broad SMARTS) is 2. The fraction of sp³-hybridized carbons (Fsp3) is 0.318. The van der Waals surface area contributed by atoms with Gasteiger partial charge in [0.05, 0.1) is 28.4 Å². The maximum absolute atomic E-state index is 13.2. The molecule has 1 amide bonds. The number of hydrogen-bond donors (Lipinski definition) is 3. The number of alkyl halides is 3. The quantitative estimate of drug-likeness (QED) is 0.448. The summed E-state index contributed by atoms with van der Waals surface area (Å²) < 4.78 is 77.9. The highest BCUT2D eigenvalue weighted by Crippen LogP contribution is 2.30. The Morgan fingerprint density at radius 3 is 2.03 bits per heavy atom. The van der Waals surface area contributed by atoms with Gasteiger partial charge >= 0.3 is 24.2 Å². The predicted octanol–water partition coefficient (Wildman–Crippen LogP) is 3.24. The standard InChI is InChI=1S/C20H22FN3O6S.C2HF3O2/c1-2-30-20(27)24-11-9-23(10-12-24)18-8-3-14(19(25)26)13-17(18)22-31(28,29)16-6-4-15(21)5-7-16;3-2(4,5)1(6)7/h3-8,13,22H,2,9-12H2,1H3,(H,25,26);(H,6,7). The number of carbonyl (C=O) groups excluding carboxylic acids is 1. The Balaban J connectivity index is 0.000000638. The van der Waals surface area contributed by atoms with Crippen LogP contribution in [0, 0.1) is 5.82 Å². The first-order valence-corrected chi connectivity index (χ1v) is 12.3. The van der Waals surface area contributed by atoms with Gasteiger partial charge < -0.3 is 24.7 Å². The van der Waals surface area contributed by atoms with Gasteiger partial charge in [-0.1, -0.05) is 0 Å². The van der Waals surface area contributed by atoms with Crippen LogP contribution in [0.25, 0.3) is 0 Å². The molecule has 2 aromatic rings. The Labute approximate surface area is 214 Å². The second kappa shape index (κ2) is 12.4. The van der Waals surface area contributed by atoms with Crippen LogP contribution < -0.4 is 9.62 Å². The number of anilines is 2. The van der Waals surface area contributed by atoms with Crippen LogP contribution in [-0.4, -0.2) is 80.5 Å². The summed E-state index contributed by atoms with van der Waals surface area (Å²) in [5, 5.41) is 16.4. The lowest BCUT2D eigenvalue weighted by molar-refractivity contribution is -0.192. The summed E-state index contributed by atoms with van der Waals surface area (Å²) in [5.74, 6) is -4.54. The van der Waals surface area contributed by atoms with Gasteiger partial charge in [0.2, 0.25) is 0 Å². The van der Waals surface area contributed by atoms with Gasteiger partial charge in [-0.25, -0.2) is 27.2 Å². The third-order valence-corrected chi connectivity index (χ3v) is 6.38. The molecule has 11 nitrogen and oxygen atoms in total. The minimum Gasteiger partial charge on any atom is -0.478 e. The van der Waals surface area contributed by atoms with Gasteiger partial charge in [-0.3, -0.25) is 4.72 Å². The van der Waals surface area contributed by atoms with E-state index in [1.807, 2.05) is 4.90 Å². The van der Waals surface area contributed by atoms with Crippen LogP contribution in [0.5, 0.6) is 0 Å². The van der Waals surface area contributed by atoms with Gasteiger partial charge in [0.15, 0.2) is 0 Å². The maximum atomic E-state index is 13.2. The van der Waals surface area contributed by atoms with Gasteiger partial charge in [-0.2, -0.15) is 13.2 Å². The van der Waals surface area contributed by atoms with Crippen molar-refractivity contribution in [3.63, 3.8) is 0 Å². The number of nitrogens with one attached hydrogen (secondary N) is 1. The molecule has 16 heteroatoms. The number of ether oxygens (including phenoxy) is 1. The number of piperazine rings is 1. The number of sulfonamides is 1. The molecule has 1 saturated heterocycles. The van der Waals surface area contributed by atoms with Crippen molar-refractivity contribution in [2.75, 3.05) is 42.4 Å². The van der Waals surface area contributed by atoms with E-state index in [1.165, 1.54) is 18.2 Å². The lowest BCUT2D eigenvalue weighted by atomic mass is 10.1. The Hall–Kier alpha value is -4.08. The van der Waals surface area contributed by atoms with Crippen molar-refractivity contribution in [3.05, 3.63) is 53.8 Å². The molecule has 0 saturated carbocycles. The van der Waals surface area contributed by atoms with Crippen molar-refractivity contribution in [1.29, 1.82) is 0 Å². The molecule has 1 fully saturated rings. The summed E-state index contributed by atoms with van der Waals surface area (Å²) >= 11 is 0. The Kier molecular flexibility index (Phi) is 9.87. The first-order chi connectivity index (χ1) is 17.7. The molecule has 3 N–H and O–H groups in total. The largest absolute Gasteiger partial charge is 0.490 e. The highest BCUT2D eigenvalue weighted by atomic mass is 32.2. The van der Waals surface area contributed by atoms with E-state index in [-0.39, 0.29) is 22.8 Å². The number of carboxylic acids is 2. The first-order valence-electron chi connectivity index (χ1n) is 10.8. The highest BCUT2D eigenvalue weighted by molar-refractivity contribution is 7.92. The van der Waals surface area contributed by atoms with E-state index in [0.29, 0.717) is 31.9 Å². The highest BCUT2D eigenvalue weighted by Gasteiger charge is 2.38. The number of carbonyl (C=O) groups is 3. The normalized spacial score (nSPS) is 13.7. The van der Waals surface area contributed by atoms with Gasteiger partial charge in [0, 0.05) is 26.2 Å². The van der Waals surface area contributed by atoms with Crippen LogP contribution in [0.4, 0.5) is 33.7 Å². The number of hydrogen-bond acceptors (Lipinski definition) is 7. The topological polar surface area (TPSA) is 154 Å².